The molecular weight excluding hydrogens is 164 g/mol. The highest BCUT2D eigenvalue weighted by Crippen LogP contribution is 2.17. The van der Waals surface area contributed by atoms with Gasteiger partial charge in [-0.25, -0.2) is 4.79 Å². The molecule has 0 aromatic rings. The number of hydrogen-bond acceptors (Lipinski definition) is 1. The smallest absolute Gasteiger partial charge is 0.328 e. The van der Waals surface area contributed by atoms with Gasteiger partial charge in [0.15, 0.2) is 0 Å². The van der Waals surface area contributed by atoms with Gasteiger partial charge in [0.25, 0.3) is 0 Å². The van der Waals surface area contributed by atoms with Gasteiger partial charge in [0.2, 0.25) is 0 Å². The summed E-state index contributed by atoms with van der Waals surface area (Å²) in [5.74, 6) is -0.901. The molecule has 1 rings (SSSR count). The van der Waals surface area contributed by atoms with Crippen LogP contribution in [0.1, 0.15) is 25.7 Å². The molecular formula is C11H14O2. The van der Waals surface area contributed by atoms with Crippen LogP contribution in [0.5, 0.6) is 0 Å². The molecule has 0 fully saturated rings. The molecule has 2 heteroatoms. The molecule has 1 aliphatic rings. The number of hydrogen-bond donors (Lipinski definition) is 1. The molecule has 0 unspecified atom stereocenters. The highest BCUT2D eigenvalue weighted by molar-refractivity contribution is 5.80. The van der Waals surface area contributed by atoms with E-state index >= 15 is 0 Å². The molecule has 70 valence electrons. The molecule has 0 spiro atoms. The van der Waals surface area contributed by atoms with Crippen LogP contribution in [0.3, 0.4) is 0 Å². The Kier molecular flexibility index (Phi) is 4.03. The largest absolute Gasteiger partial charge is 0.478 e. The van der Waals surface area contributed by atoms with Crippen LogP contribution in [-0.2, 0) is 4.79 Å². The van der Waals surface area contributed by atoms with E-state index in [1.165, 1.54) is 18.4 Å². The predicted octanol–water partition coefficient (Wildman–Crippen LogP) is 2.68. The predicted molar refractivity (Wildman–Crippen MR) is 52.5 cm³/mol. The Morgan fingerprint density at radius 3 is 2.85 bits per heavy atom. The highest BCUT2D eigenvalue weighted by Gasteiger charge is 1.98. The summed E-state index contributed by atoms with van der Waals surface area (Å²) >= 11 is 0. The second-order valence-electron chi connectivity index (χ2n) is 3.08. The number of carboxylic acids is 1. The minimum atomic E-state index is -0.901. The SMILES string of the molecule is O=C(O)/C=C/C=C/C1=CCCCC1. The minimum absolute atomic E-state index is 0.901. The molecule has 0 bridgehead atoms. The van der Waals surface area contributed by atoms with E-state index in [1.807, 2.05) is 6.08 Å². The first-order valence-corrected chi connectivity index (χ1v) is 4.56. The standard InChI is InChI=1S/C11H14O2/c12-11(13)9-5-4-8-10-6-2-1-3-7-10/h4-6,8-9H,1-3,7H2,(H,12,13)/b8-4+,9-5+. The lowest BCUT2D eigenvalue weighted by atomic mass is 9.99. The molecule has 0 aromatic carbocycles. The Morgan fingerprint density at radius 1 is 1.38 bits per heavy atom. The van der Waals surface area contributed by atoms with E-state index in [9.17, 15) is 4.79 Å². The third kappa shape index (κ3) is 4.31. The van der Waals surface area contributed by atoms with Crippen molar-refractivity contribution in [2.24, 2.45) is 0 Å². The van der Waals surface area contributed by atoms with Crippen LogP contribution in [0.2, 0.25) is 0 Å². The van der Waals surface area contributed by atoms with E-state index in [4.69, 9.17) is 5.11 Å². The topological polar surface area (TPSA) is 37.3 Å². The zero-order chi connectivity index (χ0) is 9.52. The normalized spacial score (nSPS) is 18.0. The van der Waals surface area contributed by atoms with E-state index in [-0.39, 0.29) is 0 Å². The molecule has 0 atom stereocenters. The average Bonchev–Trinajstić information content (AvgIpc) is 2.14. The number of carbonyl (C=O) groups is 1. The summed E-state index contributed by atoms with van der Waals surface area (Å²) in [6.45, 7) is 0. The minimum Gasteiger partial charge on any atom is -0.478 e. The fourth-order valence-electron chi connectivity index (χ4n) is 1.33. The number of rotatable bonds is 3. The third-order valence-electron chi connectivity index (χ3n) is 1.99. The first-order chi connectivity index (χ1) is 6.29. The number of aliphatic carboxylic acids is 1. The fraction of sp³-hybridized carbons (Fsp3) is 0.364. The van der Waals surface area contributed by atoms with Crippen molar-refractivity contribution in [1.29, 1.82) is 0 Å². The second-order valence-corrected chi connectivity index (χ2v) is 3.08. The van der Waals surface area contributed by atoms with Crippen molar-refractivity contribution in [3.63, 3.8) is 0 Å². The Balaban J connectivity index is 2.38. The maximum atomic E-state index is 10.1. The van der Waals surface area contributed by atoms with Crippen LogP contribution < -0.4 is 0 Å². The van der Waals surface area contributed by atoms with Gasteiger partial charge in [-0.2, -0.15) is 0 Å². The zero-order valence-electron chi connectivity index (χ0n) is 7.57. The second kappa shape index (κ2) is 5.36. The maximum Gasteiger partial charge on any atom is 0.328 e. The summed E-state index contributed by atoms with van der Waals surface area (Å²) in [5.41, 5.74) is 1.32. The summed E-state index contributed by atoms with van der Waals surface area (Å²) < 4.78 is 0. The van der Waals surface area contributed by atoms with Gasteiger partial charge in [-0.15, -0.1) is 0 Å². The summed E-state index contributed by atoms with van der Waals surface area (Å²) in [4.78, 5) is 10.1. The Bertz CT molecular complexity index is 259. The number of allylic oxidation sites excluding steroid dienone is 5. The molecule has 2 nitrogen and oxygen atoms in total. The lowest BCUT2D eigenvalue weighted by molar-refractivity contribution is -0.131. The summed E-state index contributed by atoms with van der Waals surface area (Å²) in [6, 6.07) is 0. The van der Waals surface area contributed by atoms with E-state index in [0.29, 0.717) is 0 Å². The van der Waals surface area contributed by atoms with E-state index < -0.39 is 5.97 Å². The van der Waals surface area contributed by atoms with Gasteiger partial charge in [0.05, 0.1) is 0 Å². The molecule has 0 heterocycles. The van der Waals surface area contributed by atoms with Crippen molar-refractivity contribution in [3.05, 3.63) is 36.0 Å². The molecule has 0 saturated heterocycles. The lowest BCUT2D eigenvalue weighted by Gasteiger charge is -2.07. The lowest BCUT2D eigenvalue weighted by Crippen LogP contribution is -1.88. The maximum absolute atomic E-state index is 10.1. The summed E-state index contributed by atoms with van der Waals surface area (Å²) in [7, 11) is 0. The van der Waals surface area contributed by atoms with Gasteiger partial charge in [0.1, 0.15) is 0 Å². The van der Waals surface area contributed by atoms with Crippen LogP contribution in [0.25, 0.3) is 0 Å². The average molecular weight is 178 g/mol. The van der Waals surface area contributed by atoms with Crippen molar-refractivity contribution in [2.45, 2.75) is 25.7 Å². The number of carboxylic acid groups (broad SMARTS) is 1. The van der Waals surface area contributed by atoms with Crippen LogP contribution in [0.4, 0.5) is 0 Å². The molecule has 0 amide bonds. The van der Waals surface area contributed by atoms with Gasteiger partial charge in [-0.1, -0.05) is 29.9 Å². The fourth-order valence-corrected chi connectivity index (χ4v) is 1.33. The van der Waals surface area contributed by atoms with E-state index in [0.717, 1.165) is 18.9 Å². The van der Waals surface area contributed by atoms with Gasteiger partial charge < -0.3 is 5.11 Å². The highest BCUT2D eigenvalue weighted by atomic mass is 16.4. The first-order valence-electron chi connectivity index (χ1n) is 4.56. The monoisotopic (exact) mass is 178 g/mol. The molecule has 1 aliphatic carbocycles. The van der Waals surface area contributed by atoms with Gasteiger partial charge >= 0.3 is 5.97 Å². The summed E-state index contributed by atoms with van der Waals surface area (Å²) in [5, 5.41) is 8.32. The van der Waals surface area contributed by atoms with E-state index in [1.54, 1.807) is 12.2 Å². The molecule has 13 heavy (non-hydrogen) atoms. The van der Waals surface area contributed by atoms with Crippen LogP contribution in [-0.4, -0.2) is 11.1 Å². The van der Waals surface area contributed by atoms with Crippen LogP contribution in [0, 0.1) is 0 Å². The Labute approximate surface area is 78.3 Å². The Morgan fingerprint density at radius 2 is 2.23 bits per heavy atom. The van der Waals surface area contributed by atoms with Crippen LogP contribution >= 0.6 is 0 Å². The van der Waals surface area contributed by atoms with Crippen molar-refractivity contribution in [2.75, 3.05) is 0 Å². The van der Waals surface area contributed by atoms with Crippen molar-refractivity contribution in [3.8, 4) is 0 Å². The third-order valence-corrected chi connectivity index (χ3v) is 1.99. The summed E-state index contributed by atoms with van der Waals surface area (Å²) in [6.07, 6.45) is 13.5. The molecule has 0 aliphatic heterocycles. The van der Waals surface area contributed by atoms with Crippen LogP contribution in [0.15, 0.2) is 36.0 Å². The Hall–Kier alpha value is -1.31. The van der Waals surface area contributed by atoms with E-state index in [2.05, 4.69) is 6.08 Å². The zero-order valence-corrected chi connectivity index (χ0v) is 7.57. The van der Waals surface area contributed by atoms with Gasteiger partial charge in [0, 0.05) is 6.08 Å². The first kappa shape index (κ1) is 9.78. The molecule has 0 aromatic heterocycles. The quantitative estimate of drug-likeness (QED) is 0.533. The molecule has 1 N–H and O–H groups in total. The molecule has 0 saturated carbocycles. The van der Waals surface area contributed by atoms with Crippen molar-refractivity contribution < 1.29 is 9.90 Å². The molecule has 0 radical (unpaired) electrons. The van der Waals surface area contributed by atoms with Gasteiger partial charge in [-0.3, -0.25) is 0 Å². The van der Waals surface area contributed by atoms with Crippen molar-refractivity contribution >= 4 is 5.97 Å². The van der Waals surface area contributed by atoms with Gasteiger partial charge in [-0.05, 0) is 25.7 Å². The van der Waals surface area contributed by atoms with Crippen molar-refractivity contribution in [1.82, 2.24) is 0 Å².